The first-order valence-electron chi connectivity index (χ1n) is 16.5. The third-order valence-corrected chi connectivity index (χ3v) is 10.1. The van der Waals surface area contributed by atoms with Crippen LogP contribution in [-0.2, 0) is 16.6 Å². The van der Waals surface area contributed by atoms with Gasteiger partial charge in [0.2, 0.25) is 5.91 Å². The summed E-state index contributed by atoms with van der Waals surface area (Å²) in [5.41, 5.74) is 9.66. The van der Waals surface area contributed by atoms with Crippen molar-refractivity contribution in [2.24, 2.45) is 16.6 Å². The number of nitrogens with one attached hydrogen (secondary N) is 1. The zero-order valence-electron chi connectivity index (χ0n) is 26.7. The third kappa shape index (κ3) is 5.82. The molecular weight excluding hydrogens is 650 g/mol. The molecule has 4 aromatic rings. The summed E-state index contributed by atoms with van der Waals surface area (Å²) in [6.07, 6.45) is 5.09. The van der Waals surface area contributed by atoms with Crippen molar-refractivity contribution in [3.8, 4) is 22.8 Å². The molecule has 3 aromatic carbocycles. The molecular formula is C38H33ClF2N4O4. The Morgan fingerprint density at radius 1 is 1.08 bits per heavy atom. The number of fused-ring (bicyclic) bond motifs is 2. The molecule has 2 atom stereocenters. The predicted octanol–water partition coefficient (Wildman–Crippen LogP) is 6.96. The van der Waals surface area contributed by atoms with Gasteiger partial charge in [-0.15, -0.1) is 0 Å². The van der Waals surface area contributed by atoms with Gasteiger partial charge in [0.05, 0.1) is 16.8 Å². The highest BCUT2D eigenvalue weighted by Crippen LogP contribution is 2.47. The number of halogens is 3. The number of carbonyl (C=O) groups is 2. The Hall–Kier alpha value is -4.83. The lowest BCUT2D eigenvalue weighted by molar-refractivity contribution is -0.123. The van der Waals surface area contributed by atoms with Crippen LogP contribution in [0.1, 0.15) is 71.3 Å². The second-order valence-electron chi connectivity index (χ2n) is 13.5. The summed E-state index contributed by atoms with van der Waals surface area (Å²) in [7, 11) is 0. The van der Waals surface area contributed by atoms with E-state index in [2.05, 4.69) is 5.32 Å². The summed E-state index contributed by atoms with van der Waals surface area (Å²) in [5.74, 6) is -1.99. The molecule has 8 nitrogen and oxygen atoms in total. The first kappa shape index (κ1) is 31.4. The van der Waals surface area contributed by atoms with Crippen molar-refractivity contribution in [3.63, 3.8) is 0 Å². The molecule has 2 aliphatic heterocycles. The van der Waals surface area contributed by atoms with Crippen LogP contribution < -0.4 is 20.5 Å². The lowest BCUT2D eigenvalue weighted by Crippen LogP contribution is -2.40. The lowest BCUT2D eigenvalue weighted by atomic mass is 9.81. The van der Waals surface area contributed by atoms with Crippen LogP contribution >= 0.6 is 11.6 Å². The highest BCUT2D eigenvalue weighted by molar-refractivity contribution is 6.31. The molecule has 0 radical (unpaired) electrons. The quantitative estimate of drug-likeness (QED) is 0.176. The first-order chi connectivity index (χ1) is 23.6. The number of ether oxygens (including phenoxy) is 2. The number of pyridine rings is 1. The number of nitrogens with zero attached hydrogens (tertiary/aromatic N) is 2. The molecule has 11 heteroatoms. The number of nitrogens with two attached hydrogens (primary N) is 1. The fraction of sp³-hybridized carbons (Fsp3) is 0.316. The van der Waals surface area contributed by atoms with Crippen molar-refractivity contribution < 1.29 is 27.8 Å². The molecule has 49 heavy (non-hydrogen) atoms. The van der Waals surface area contributed by atoms with Gasteiger partial charge in [-0.05, 0) is 73.9 Å². The van der Waals surface area contributed by atoms with Gasteiger partial charge in [-0.1, -0.05) is 41.9 Å². The fourth-order valence-corrected chi connectivity index (χ4v) is 6.76. The van der Waals surface area contributed by atoms with Gasteiger partial charge in [0.25, 0.3) is 5.91 Å². The van der Waals surface area contributed by atoms with Crippen molar-refractivity contribution in [3.05, 3.63) is 105 Å². The number of benzene rings is 3. The lowest BCUT2D eigenvalue weighted by Gasteiger charge is -2.23. The second kappa shape index (κ2) is 11.9. The molecule has 2 aliphatic carbocycles. The Labute approximate surface area is 286 Å². The molecule has 3 N–H and O–H groups in total. The normalized spacial score (nSPS) is 19.8. The molecule has 1 unspecified atom stereocenters. The zero-order chi connectivity index (χ0) is 34.0. The fourth-order valence-electron chi connectivity index (χ4n) is 6.59. The molecule has 2 fully saturated rings. The van der Waals surface area contributed by atoms with E-state index in [1.807, 2.05) is 36.4 Å². The standard InChI is InChI=1S/C38H33ClF2N4O4/c1-38(37(42)47)18-48-35-26(38)15-31(45-34(35)24-14-27(39)29(41)16-28(24)40)25(19-5-3-2-4-6-19)17-43-36(46)22-11-21-12-30(20-7-8-20)44-33(21)32(13-22)49-23-9-10-23/h2-6,11,13-16,20,23,25H,7-10,12,17-18H2,1H3,(H2,42,47)(H,43,46)/t25?,38-/m0/s1. The summed E-state index contributed by atoms with van der Waals surface area (Å²) >= 11 is 6.09. The monoisotopic (exact) mass is 682 g/mol. The van der Waals surface area contributed by atoms with Crippen LogP contribution in [0.4, 0.5) is 14.5 Å². The maximum atomic E-state index is 15.4. The van der Waals surface area contributed by atoms with Crippen LogP contribution in [0.2, 0.25) is 5.02 Å². The van der Waals surface area contributed by atoms with E-state index in [1.165, 1.54) is 0 Å². The van der Waals surface area contributed by atoms with Crippen molar-refractivity contribution in [2.75, 3.05) is 13.2 Å². The van der Waals surface area contributed by atoms with E-state index in [-0.39, 0.29) is 47.2 Å². The molecule has 2 amide bonds. The average Bonchev–Trinajstić information content (AvgIpc) is 4.03. The number of hydrogen-bond donors (Lipinski definition) is 2. The minimum Gasteiger partial charge on any atom is -0.489 e. The SMILES string of the molecule is C[C@]1(C(N)=O)COc2c1cc(C(CNC(=O)c1cc3c(c(OC4CC4)c1)N=C(C1CC1)C3)c1ccccc1)nc2-c1cc(Cl)c(F)cc1F. The van der Waals surface area contributed by atoms with E-state index in [9.17, 15) is 14.0 Å². The highest BCUT2D eigenvalue weighted by atomic mass is 35.5. The predicted molar refractivity (Wildman–Crippen MR) is 181 cm³/mol. The van der Waals surface area contributed by atoms with Crippen LogP contribution in [0.5, 0.6) is 11.5 Å². The van der Waals surface area contributed by atoms with E-state index in [0.29, 0.717) is 41.0 Å². The maximum Gasteiger partial charge on any atom is 0.251 e. The molecule has 1 aromatic heterocycles. The molecule has 2 saturated carbocycles. The largest absolute Gasteiger partial charge is 0.489 e. The molecule has 250 valence electrons. The van der Waals surface area contributed by atoms with Crippen molar-refractivity contribution in [2.45, 2.75) is 56.5 Å². The molecule has 3 heterocycles. The topological polar surface area (TPSA) is 116 Å². The maximum absolute atomic E-state index is 15.4. The van der Waals surface area contributed by atoms with E-state index in [4.69, 9.17) is 36.8 Å². The van der Waals surface area contributed by atoms with E-state index in [1.54, 1.807) is 19.1 Å². The third-order valence-electron chi connectivity index (χ3n) is 9.84. The molecule has 4 aliphatic rings. The second-order valence-corrected chi connectivity index (χ2v) is 13.9. The summed E-state index contributed by atoms with van der Waals surface area (Å²) in [6.45, 7) is 1.67. The van der Waals surface area contributed by atoms with Gasteiger partial charge in [-0.25, -0.2) is 13.8 Å². The van der Waals surface area contributed by atoms with Crippen LogP contribution in [0.25, 0.3) is 11.3 Å². The Kier molecular flexibility index (Phi) is 7.66. The summed E-state index contributed by atoms with van der Waals surface area (Å²) < 4.78 is 41.7. The van der Waals surface area contributed by atoms with E-state index in [0.717, 1.165) is 54.3 Å². The van der Waals surface area contributed by atoms with Crippen molar-refractivity contribution in [1.82, 2.24) is 10.3 Å². The summed E-state index contributed by atoms with van der Waals surface area (Å²) in [5, 5.41) is 2.79. The summed E-state index contributed by atoms with van der Waals surface area (Å²) in [6, 6.07) is 16.6. The van der Waals surface area contributed by atoms with Crippen LogP contribution in [-0.4, -0.2) is 41.8 Å². The number of hydrogen-bond acceptors (Lipinski definition) is 6. The highest BCUT2D eigenvalue weighted by Gasteiger charge is 2.44. The van der Waals surface area contributed by atoms with Gasteiger partial charge < -0.3 is 20.5 Å². The van der Waals surface area contributed by atoms with Gasteiger partial charge >= 0.3 is 0 Å². The minimum absolute atomic E-state index is 0.0519. The van der Waals surface area contributed by atoms with Gasteiger partial charge in [-0.2, -0.15) is 0 Å². The van der Waals surface area contributed by atoms with Gasteiger partial charge in [0, 0.05) is 47.4 Å². The molecule has 0 bridgehead atoms. The number of aliphatic imine (C=N–C) groups is 1. The number of primary amides is 1. The smallest absolute Gasteiger partial charge is 0.251 e. The van der Waals surface area contributed by atoms with Crippen LogP contribution in [0, 0.1) is 17.6 Å². The van der Waals surface area contributed by atoms with Gasteiger partial charge in [0.15, 0.2) is 0 Å². The van der Waals surface area contributed by atoms with Crippen LogP contribution in [0.15, 0.2) is 65.7 Å². The summed E-state index contributed by atoms with van der Waals surface area (Å²) in [4.78, 5) is 36.4. The first-order valence-corrected chi connectivity index (χ1v) is 16.8. The van der Waals surface area contributed by atoms with E-state index < -0.39 is 28.9 Å². The molecule has 0 saturated heterocycles. The Morgan fingerprint density at radius 3 is 2.57 bits per heavy atom. The van der Waals surface area contributed by atoms with Gasteiger partial charge in [-0.3, -0.25) is 14.6 Å². The Balaban J connectivity index is 1.17. The number of rotatable bonds is 10. The Morgan fingerprint density at radius 2 is 1.86 bits per heavy atom. The molecule has 8 rings (SSSR count). The van der Waals surface area contributed by atoms with E-state index >= 15 is 4.39 Å². The van der Waals surface area contributed by atoms with Crippen molar-refractivity contribution in [1.29, 1.82) is 0 Å². The Bertz CT molecular complexity index is 2060. The number of aromatic nitrogens is 1. The minimum atomic E-state index is -1.25. The number of amides is 2. The number of carbonyl (C=O) groups excluding carboxylic acids is 2. The zero-order valence-corrected chi connectivity index (χ0v) is 27.4. The van der Waals surface area contributed by atoms with Gasteiger partial charge in [0.1, 0.15) is 46.5 Å². The van der Waals surface area contributed by atoms with Crippen molar-refractivity contribution >= 4 is 34.8 Å². The van der Waals surface area contributed by atoms with Crippen LogP contribution in [0.3, 0.4) is 0 Å². The molecule has 0 spiro atoms. The average molecular weight is 683 g/mol.